The van der Waals surface area contributed by atoms with E-state index in [4.69, 9.17) is 4.42 Å². The monoisotopic (exact) mass is 802 g/mol. The number of hydrogen-bond acceptors (Lipinski definition) is 2. The Bertz CT molecular complexity index is 3890. The molecule has 11 aromatic carbocycles. The van der Waals surface area contributed by atoms with E-state index < -0.39 is 0 Å². The summed E-state index contributed by atoms with van der Waals surface area (Å²) in [6.45, 7) is 0. The number of para-hydroxylation sites is 1. The van der Waals surface area contributed by atoms with Gasteiger partial charge in [0.1, 0.15) is 11.2 Å². The Morgan fingerprint density at radius 3 is 1.73 bits per heavy atom. The van der Waals surface area contributed by atoms with Crippen molar-refractivity contribution in [1.29, 1.82) is 0 Å². The molecular weight excluding hydrogens is 765 g/mol. The van der Waals surface area contributed by atoms with Crippen molar-refractivity contribution >= 4 is 93.1 Å². The van der Waals surface area contributed by atoms with Crippen molar-refractivity contribution < 1.29 is 4.42 Å². The first-order valence-corrected chi connectivity index (χ1v) is 21.6. The van der Waals surface area contributed by atoms with Crippen molar-refractivity contribution in [2.75, 3.05) is 4.90 Å². The third-order valence-corrected chi connectivity index (χ3v) is 12.9. The molecule has 0 fully saturated rings. The third kappa shape index (κ3) is 5.53. The van der Waals surface area contributed by atoms with Crippen LogP contribution in [-0.4, -0.2) is 4.57 Å². The molecule has 0 saturated carbocycles. The molecule has 0 amide bonds. The van der Waals surface area contributed by atoms with Crippen LogP contribution in [-0.2, 0) is 0 Å². The van der Waals surface area contributed by atoms with Crippen LogP contribution in [0.5, 0.6) is 0 Å². The van der Waals surface area contributed by atoms with Crippen molar-refractivity contribution in [2.45, 2.75) is 0 Å². The van der Waals surface area contributed by atoms with E-state index in [-0.39, 0.29) is 0 Å². The Labute approximate surface area is 363 Å². The number of hydrogen-bond donors (Lipinski definition) is 0. The van der Waals surface area contributed by atoms with Gasteiger partial charge in [-0.3, -0.25) is 0 Å². The van der Waals surface area contributed by atoms with Gasteiger partial charge in [-0.05, 0) is 86.8 Å². The molecule has 13 aromatic rings. The number of furan rings is 1. The summed E-state index contributed by atoms with van der Waals surface area (Å²) in [5.74, 6) is 0. The van der Waals surface area contributed by atoms with E-state index in [1.54, 1.807) is 0 Å². The molecule has 63 heavy (non-hydrogen) atoms. The van der Waals surface area contributed by atoms with Gasteiger partial charge in [-0.2, -0.15) is 0 Å². The van der Waals surface area contributed by atoms with Gasteiger partial charge in [0.2, 0.25) is 0 Å². The van der Waals surface area contributed by atoms with Gasteiger partial charge >= 0.3 is 0 Å². The molecule has 3 heteroatoms. The molecule has 0 aliphatic carbocycles. The molecule has 0 aliphatic heterocycles. The third-order valence-electron chi connectivity index (χ3n) is 12.9. The molecule has 0 unspecified atom stereocenters. The first kappa shape index (κ1) is 35.4. The van der Waals surface area contributed by atoms with Crippen LogP contribution < -0.4 is 4.90 Å². The van der Waals surface area contributed by atoms with Crippen LogP contribution >= 0.6 is 0 Å². The van der Waals surface area contributed by atoms with Crippen LogP contribution in [0.25, 0.3) is 104 Å². The van der Waals surface area contributed by atoms with E-state index in [1.807, 2.05) is 0 Å². The molecular formula is C60H38N2O. The van der Waals surface area contributed by atoms with E-state index in [0.717, 1.165) is 66.7 Å². The second-order valence-corrected chi connectivity index (χ2v) is 16.4. The van der Waals surface area contributed by atoms with Gasteiger partial charge in [0, 0.05) is 55.3 Å². The van der Waals surface area contributed by atoms with E-state index >= 15 is 0 Å². The highest BCUT2D eigenvalue weighted by molar-refractivity contribution is 6.28. The van der Waals surface area contributed by atoms with Crippen molar-refractivity contribution in [3.05, 3.63) is 231 Å². The minimum Gasteiger partial charge on any atom is -0.456 e. The minimum atomic E-state index is 0.870. The standard InChI is InChI=1S/C60H38N2O/c1-3-16-39(17-4-1)40-30-32-44(33-31-40)61(54-36-43-21-8-9-23-46(43)48-25-11-12-26-49(48)54)45-34-35-53-51(37-45)59-55(62(53)52-28-15-22-41-18-7-10-24-47(41)52)38-57-60(50-27-13-14-29-56(50)63-57)58(59)42-19-5-2-6-20-42/h1-38H. The normalized spacial score (nSPS) is 11.8. The summed E-state index contributed by atoms with van der Waals surface area (Å²) in [4.78, 5) is 2.46. The average molecular weight is 803 g/mol. The smallest absolute Gasteiger partial charge is 0.138 e. The summed E-state index contributed by atoms with van der Waals surface area (Å²) in [5, 5.41) is 11.8. The zero-order chi connectivity index (χ0) is 41.4. The molecule has 0 atom stereocenters. The van der Waals surface area contributed by atoms with Gasteiger partial charge in [0.15, 0.2) is 0 Å². The highest BCUT2D eigenvalue weighted by Crippen LogP contribution is 2.49. The highest BCUT2D eigenvalue weighted by atomic mass is 16.3. The predicted octanol–water partition coefficient (Wildman–Crippen LogP) is 16.9. The first-order chi connectivity index (χ1) is 31.3. The Balaban J connectivity index is 1.17. The Kier molecular flexibility index (Phi) is 7.91. The molecule has 294 valence electrons. The van der Waals surface area contributed by atoms with Crippen LogP contribution in [0.15, 0.2) is 235 Å². The van der Waals surface area contributed by atoms with Gasteiger partial charge in [-0.15, -0.1) is 0 Å². The summed E-state index contributed by atoms with van der Waals surface area (Å²) in [6.07, 6.45) is 0. The Morgan fingerprint density at radius 1 is 0.333 bits per heavy atom. The number of rotatable bonds is 6. The number of anilines is 3. The van der Waals surface area contributed by atoms with Gasteiger partial charge in [0.05, 0.1) is 22.4 Å². The fourth-order valence-corrected chi connectivity index (χ4v) is 10.1. The summed E-state index contributed by atoms with van der Waals surface area (Å²) < 4.78 is 9.23. The minimum absolute atomic E-state index is 0.870. The van der Waals surface area contributed by atoms with Gasteiger partial charge in [-0.25, -0.2) is 0 Å². The van der Waals surface area contributed by atoms with E-state index in [0.29, 0.717) is 0 Å². The predicted molar refractivity (Wildman–Crippen MR) is 266 cm³/mol. The molecule has 3 nitrogen and oxygen atoms in total. The SMILES string of the molecule is c1ccc(-c2ccc(N(c3ccc4c(c3)c3c(-c5ccccc5)c5c(cc3n4-c3cccc4ccccc34)oc3ccccc35)c3cc4ccccc4c4ccccc34)cc2)cc1. The quantitative estimate of drug-likeness (QED) is 0.156. The van der Waals surface area contributed by atoms with Crippen LogP contribution in [0.1, 0.15) is 0 Å². The highest BCUT2D eigenvalue weighted by Gasteiger charge is 2.25. The van der Waals surface area contributed by atoms with Crippen LogP contribution in [0.2, 0.25) is 0 Å². The van der Waals surface area contributed by atoms with Gasteiger partial charge in [-0.1, -0.05) is 176 Å². The first-order valence-electron chi connectivity index (χ1n) is 21.6. The molecule has 0 saturated heterocycles. The number of benzene rings is 11. The lowest BCUT2D eigenvalue weighted by molar-refractivity contribution is 0.669. The van der Waals surface area contributed by atoms with E-state index in [1.165, 1.54) is 54.4 Å². The second-order valence-electron chi connectivity index (χ2n) is 16.4. The molecule has 0 aliphatic rings. The summed E-state index contributed by atoms with van der Waals surface area (Å²) in [7, 11) is 0. The van der Waals surface area contributed by atoms with E-state index in [2.05, 4.69) is 240 Å². The Morgan fingerprint density at radius 2 is 0.937 bits per heavy atom. The molecule has 2 heterocycles. The molecule has 2 aromatic heterocycles. The number of aromatic nitrogens is 1. The van der Waals surface area contributed by atoms with Crippen LogP contribution in [0, 0.1) is 0 Å². The summed E-state index contributed by atoms with van der Waals surface area (Å²) in [5.41, 5.74) is 13.1. The number of fused-ring (bicyclic) bond motifs is 10. The van der Waals surface area contributed by atoms with Crippen molar-refractivity contribution in [2.24, 2.45) is 0 Å². The Hall–Kier alpha value is -8.40. The molecule has 0 radical (unpaired) electrons. The molecule has 13 rings (SSSR count). The fourth-order valence-electron chi connectivity index (χ4n) is 10.1. The van der Waals surface area contributed by atoms with Gasteiger partial charge < -0.3 is 13.9 Å². The van der Waals surface area contributed by atoms with Gasteiger partial charge in [0.25, 0.3) is 0 Å². The van der Waals surface area contributed by atoms with Crippen molar-refractivity contribution in [3.63, 3.8) is 0 Å². The van der Waals surface area contributed by atoms with Crippen LogP contribution in [0.3, 0.4) is 0 Å². The van der Waals surface area contributed by atoms with E-state index in [9.17, 15) is 0 Å². The maximum Gasteiger partial charge on any atom is 0.138 e. The lowest BCUT2D eigenvalue weighted by atomic mass is 9.94. The topological polar surface area (TPSA) is 21.3 Å². The van der Waals surface area contributed by atoms with Crippen LogP contribution in [0.4, 0.5) is 17.1 Å². The second kappa shape index (κ2) is 14.1. The summed E-state index contributed by atoms with van der Waals surface area (Å²) in [6, 6.07) is 83.6. The largest absolute Gasteiger partial charge is 0.456 e. The number of nitrogens with zero attached hydrogens (tertiary/aromatic N) is 2. The lowest BCUT2D eigenvalue weighted by Crippen LogP contribution is -2.10. The fraction of sp³-hybridized carbons (Fsp3) is 0. The molecule has 0 spiro atoms. The average Bonchev–Trinajstić information content (AvgIpc) is 3.89. The molecule has 0 bridgehead atoms. The maximum absolute atomic E-state index is 6.77. The summed E-state index contributed by atoms with van der Waals surface area (Å²) >= 11 is 0. The zero-order valence-electron chi connectivity index (χ0n) is 34.2. The van der Waals surface area contributed by atoms with Crippen molar-refractivity contribution in [3.8, 4) is 27.9 Å². The zero-order valence-corrected chi connectivity index (χ0v) is 34.2. The maximum atomic E-state index is 6.77. The molecule has 0 N–H and O–H groups in total. The van der Waals surface area contributed by atoms with Crippen molar-refractivity contribution in [1.82, 2.24) is 4.57 Å². The lowest BCUT2D eigenvalue weighted by Gasteiger charge is -2.28.